The van der Waals surface area contributed by atoms with Gasteiger partial charge in [0.15, 0.2) is 0 Å². The largest absolute Gasteiger partial charge is 0.377 e. The fourth-order valence-electron chi connectivity index (χ4n) is 4.37. The third-order valence-electron chi connectivity index (χ3n) is 6.16. The zero-order chi connectivity index (χ0) is 21.4. The summed E-state index contributed by atoms with van der Waals surface area (Å²) in [6, 6.07) is 14.8. The topological polar surface area (TPSA) is 51.5 Å². The van der Waals surface area contributed by atoms with Crippen LogP contribution in [-0.4, -0.2) is 50.6 Å². The molecule has 160 valence electrons. The van der Waals surface area contributed by atoms with Crippen LogP contribution >= 0.6 is 0 Å². The van der Waals surface area contributed by atoms with Gasteiger partial charge in [-0.05, 0) is 60.9 Å². The highest BCUT2D eigenvalue weighted by molar-refractivity contribution is 7.90. The Balaban J connectivity index is 1.71. The molecule has 0 saturated heterocycles. The van der Waals surface area contributed by atoms with E-state index in [1.165, 1.54) is 15.1 Å². The second-order valence-electron chi connectivity index (χ2n) is 8.18. The summed E-state index contributed by atoms with van der Waals surface area (Å²) >= 11 is 0. The molecule has 3 heterocycles. The van der Waals surface area contributed by atoms with E-state index in [1.54, 1.807) is 24.3 Å². The molecule has 31 heavy (non-hydrogen) atoms. The number of fused-ring (bicyclic) bond motifs is 1. The minimum atomic E-state index is -3.69. The summed E-state index contributed by atoms with van der Waals surface area (Å²) in [6.07, 6.45) is 7.93. The number of hydrogen-bond acceptors (Lipinski definition) is 4. The molecule has 0 fully saturated rings. The van der Waals surface area contributed by atoms with Crippen LogP contribution in [0.1, 0.15) is 24.0 Å². The van der Waals surface area contributed by atoms with Gasteiger partial charge >= 0.3 is 0 Å². The quantitative estimate of drug-likeness (QED) is 0.611. The van der Waals surface area contributed by atoms with Crippen LogP contribution in [0.2, 0.25) is 0 Å². The molecule has 2 aromatic carbocycles. The summed E-state index contributed by atoms with van der Waals surface area (Å²) in [5, 5.41) is 0.986. The normalized spacial score (nSPS) is 18.1. The van der Waals surface area contributed by atoms with E-state index in [9.17, 15) is 8.42 Å². The molecule has 6 heteroatoms. The van der Waals surface area contributed by atoms with Crippen LogP contribution in [0, 0.1) is 0 Å². The predicted molar refractivity (Wildman–Crippen MR) is 124 cm³/mol. The van der Waals surface area contributed by atoms with E-state index in [0.29, 0.717) is 11.5 Å². The Morgan fingerprint density at radius 3 is 2.52 bits per heavy atom. The van der Waals surface area contributed by atoms with Gasteiger partial charge in [0.2, 0.25) is 0 Å². The maximum Gasteiger partial charge on any atom is 0.268 e. The van der Waals surface area contributed by atoms with Crippen molar-refractivity contribution in [1.82, 2.24) is 8.87 Å². The molecule has 5 nitrogen and oxygen atoms in total. The molecule has 0 spiro atoms. The van der Waals surface area contributed by atoms with Gasteiger partial charge in [0, 0.05) is 30.2 Å². The summed E-state index contributed by atoms with van der Waals surface area (Å²) in [5.41, 5.74) is 5.34. The lowest BCUT2D eigenvalue weighted by molar-refractivity contribution is 0.161. The highest BCUT2D eigenvalue weighted by Crippen LogP contribution is 2.35. The van der Waals surface area contributed by atoms with Gasteiger partial charge < -0.3 is 9.64 Å². The molecule has 0 aliphatic carbocycles. The Kier molecular flexibility index (Phi) is 5.30. The first-order valence-electron chi connectivity index (χ1n) is 10.6. The van der Waals surface area contributed by atoms with E-state index < -0.39 is 10.0 Å². The lowest BCUT2D eigenvalue weighted by Crippen LogP contribution is -2.23. The minimum Gasteiger partial charge on any atom is -0.377 e. The average molecular weight is 435 g/mol. The first-order chi connectivity index (χ1) is 15.0. The summed E-state index contributed by atoms with van der Waals surface area (Å²) in [7, 11) is -1.58. The molecule has 0 atom stereocenters. The van der Waals surface area contributed by atoms with Gasteiger partial charge in [-0.3, -0.25) is 0 Å². The van der Waals surface area contributed by atoms with E-state index in [2.05, 4.69) is 30.2 Å². The van der Waals surface area contributed by atoms with Crippen molar-refractivity contribution >= 4 is 32.1 Å². The number of rotatable bonds is 4. The molecular formula is C25H26N2O3S. The molecule has 0 N–H and O–H groups in total. The monoisotopic (exact) mass is 434 g/mol. The SMILES string of the molecule is CN1CC=C(c2cn(S(=O)(=O)c3ccccc3)c3ccc(C4=CCOCC4)cc23)CC1. The van der Waals surface area contributed by atoms with Gasteiger partial charge in [0.05, 0.1) is 23.6 Å². The molecule has 0 unspecified atom stereocenters. The lowest BCUT2D eigenvalue weighted by Gasteiger charge is -2.21. The summed E-state index contributed by atoms with van der Waals surface area (Å²) in [6.45, 7) is 3.18. The Morgan fingerprint density at radius 2 is 1.81 bits per heavy atom. The molecule has 3 aromatic rings. The number of likely N-dealkylation sites (N-methyl/N-ethyl adjacent to an activating group) is 1. The van der Waals surface area contributed by atoms with Crippen LogP contribution in [0.25, 0.3) is 22.0 Å². The van der Waals surface area contributed by atoms with Gasteiger partial charge in [-0.25, -0.2) is 12.4 Å². The van der Waals surface area contributed by atoms with Crippen LogP contribution < -0.4 is 0 Å². The van der Waals surface area contributed by atoms with Crippen molar-refractivity contribution in [2.75, 3.05) is 33.4 Å². The molecule has 0 saturated carbocycles. The number of aromatic nitrogens is 1. The van der Waals surface area contributed by atoms with Crippen LogP contribution in [0.4, 0.5) is 0 Å². The fraction of sp³-hybridized carbons (Fsp3) is 0.280. The predicted octanol–water partition coefficient (Wildman–Crippen LogP) is 4.40. The van der Waals surface area contributed by atoms with Gasteiger partial charge in [-0.15, -0.1) is 0 Å². The fourth-order valence-corrected chi connectivity index (χ4v) is 5.76. The molecule has 0 bridgehead atoms. The summed E-state index contributed by atoms with van der Waals surface area (Å²) < 4.78 is 33.9. The number of ether oxygens (including phenoxy) is 1. The molecule has 1 aromatic heterocycles. The Hall–Kier alpha value is -2.67. The van der Waals surface area contributed by atoms with E-state index in [1.807, 2.05) is 24.4 Å². The molecular weight excluding hydrogens is 408 g/mol. The van der Waals surface area contributed by atoms with Crippen molar-refractivity contribution in [1.29, 1.82) is 0 Å². The molecule has 0 radical (unpaired) electrons. The van der Waals surface area contributed by atoms with E-state index in [0.717, 1.165) is 54.6 Å². The molecule has 2 aliphatic heterocycles. The van der Waals surface area contributed by atoms with Gasteiger partial charge in [0.1, 0.15) is 0 Å². The second-order valence-corrected chi connectivity index (χ2v) is 10.00. The minimum absolute atomic E-state index is 0.298. The van der Waals surface area contributed by atoms with Crippen molar-refractivity contribution in [3.63, 3.8) is 0 Å². The Morgan fingerprint density at radius 1 is 0.968 bits per heavy atom. The number of benzene rings is 2. The summed E-state index contributed by atoms with van der Waals surface area (Å²) in [5.74, 6) is 0. The molecule has 2 aliphatic rings. The van der Waals surface area contributed by atoms with Gasteiger partial charge in [-0.2, -0.15) is 0 Å². The van der Waals surface area contributed by atoms with Crippen LogP contribution in [0.5, 0.6) is 0 Å². The molecule has 5 rings (SSSR count). The van der Waals surface area contributed by atoms with Gasteiger partial charge in [0.25, 0.3) is 10.0 Å². The highest BCUT2D eigenvalue weighted by atomic mass is 32.2. The molecule has 0 amide bonds. The van der Waals surface area contributed by atoms with Gasteiger partial charge in [-0.1, -0.05) is 36.4 Å². The zero-order valence-electron chi connectivity index (χ0n) is 17.6. The smallest absolute Gasteiger partial charge is 0.268 e. The van der Waals surface area contributed by atoms with Crippen molar-refractivity contribution in [2.24, 2.45) is 0 Å². The summed E-state index contributed by atoms with van der Waals surface area (Å²) in [4.78, 5) is 2.56. The van der Waals surface area contributed by atoms with Crippen molar-refractivity contribution in [2.45, 2.75) is 17.7 Å². The van der Waals surface area contributed by atoms with E-state index >= 15 is 0 Å². The number of hydrogen-bond donors (Lipinski definition) is 0. The Bertz CT molecular complexity index is 1290. The van der Waals surface area contributed by atoms with Crippen molar-refractivity contribution < 1.29 is 13.2 Å². The first-order valence-corrected chi connectivity index (χ1v) is 12.1. The highest BCUT2D eigenvalue weighted by Gasteiger charge is 2.24. The maximum atomic E-state index is 13.5. The van der Waals surface area contributed by atoms with Crippen molar-refractivity contribution in [3.05, 3.63) is 78.0 Å². The van der Waals surface area contributed by atoms with Crippen LogP contribution in [0.3, 0.4) is 0 Å². The van der Waals surface area contributed by atoms with Crippen LogP contribution in [-0.2, 0) is 14.8 Å². The second kappa shape index (κ2) is 8.11. The third-order valence-corrected chi connectivity index (χ3v) is 7.85. The first kappa shape index (κ1) is 20.2. The van der Waals surface area contributed by atoms with E-state index in [-0.39, 0.29) is 0 Å². The zero-order valence-corrected chi connectivity index (χ0v) is 18.4. The maximum absolute atomic E-state index is 13.5. The standard InChI is InChI=1S/C25H26N2O3S/c1-26-13-9-20(10-14-26)24-18-27(31(28,29)22-5-3-2-4-6-22)25-8-7-21(17-23(24)25)19-11-15-30-16-12-19/h2-9,11,17-18H,10,12-16H2,1H3. The van der Waals surface area contributed by atoms with Crippen LogP contribution in [0.15, 0.2) is 71.8 Å². The Labute approximate surface area is 183 Å². The number of nitrogens with zero attached hydrogens (tertiary/aromatic N) is 2. The average Bonchev–Trinajstić information content (AvgIpc) is 3.20. The third kappa shape index (κ3) is 3.76. The lowest BCUT2D eigenvalue weighted by atomic mass is 9.95. The van der Waals surface area contributed by atoms with E-state index in [4.69, 9.17) is 4.74 Å². The van der Waals surface area contributed by atoms with Crippen molar-refractivity contribution in [3.8, 4) is 0 Å².